The first-order chi connectivity index (χ1) is 6.75. The molecule has 6 heteroatoms. The molecule has 6 nitrogen and oxygen atoms in total. The lowest BCUT2D eigenvalue weighted by molar-refractivity contribution is 0.116. The van der Waals surface area contributed by atoms with Crippen LogP contribution in [0.1, 0.15) is 12.8 Å². The Labute approximate surface area is 82.4 Å². The standard InChI is InChI=1S/C8H15N5O/c1-13(5-6-3-2-4-14-6)8-10-7(9)11-12-8/h6H,2-5H2,1H3,(H3,9,10,11,12). The summed E-state index contributed by atoms with van der Waals surface area (Å²) in [4.78, 5) is 5.98. The van der Waals surface area contributed by atoms with E-state index in [4.69, 9.17) is 10.5 Å². The van der Waals surface area contributed by atoms with Crippen LogP contribution in [0, 0.1) is 0 Å². The van der Waals surface area contributed by atoms with Crippen molar-refractivity contribution in [1.29, 1.82) is 0 Å². The first-order valence-corrected chi connectivity index (χ1v) is 4.76. The molecule has 14 heavy (non-hydrogen) atoms. The fourth-order valence-corrected chi connectivity index (χ4v) is 1.61. The van der Waals surface area contributed by atoms with Crippen LogP contribution in [0.5, 0.6) is 0 Å². The van der Waals surface area contributed by atoms with Crippen LogP contribution in [-0.4, -0.2) is 41.5 Å². The molecule has 1 fully saturated rings. The molecular weight excluding hydrogens is 182 g/mol. The van der Waals surface area contributed by atoms with Gasteiger partial charge in [0.25, 0.3) is 0 Å². The lowest BCUT2D eigenvalue weighted by Crippen LogP contribution is -2.29. The highest BCUT2D eigenvalue weighted by Gasteiger charge is 2.18. The second-order valence-electron chi connectivity index (χ2n) is 3.54. The van der Waals surface area contributed by atoms with E-state index in [9.17, 15) is 0 Å². The summed E-state index contributed by atoms with van der Waals surface area (Å²) in [5.74, 6) is 0.970. The van der Waals surface area contributed by atoms with Crippen LogP contribution in [-0.2, 0) is 4.74 Å². The highest BCUT2D eigenvalue weighted by Crippen LogP contribution is 2.15. The molecule has 1 atom stereocenters. The van der Waals surface area contributed by atoms with Crippen LogP contribution >= 0.6 is 0 Å². The fraction of sp³-hybridized carbons (Fsp3) is 0.750. The summed E-state index contributed by atoms with van der Waals surface area (Å²) in [6.45, 7) is 1.69. The molecule has 1 aliphatic heterocycles. The maximum absolute atomic E-state index is 5.51. The fourth-order valence-electron chi connectivity index (χ4n) is 1.61. The van der Waals surface area contributed by atoms with E-state index in [0.717, 1.165) is 26.0 Å². The van der Waals surface area contributed by atoms with Gasteiger partial charge in [0, 0.05) is 20.2 Å². The van der Waals surface area contributed by atoms with E-state index >= 15 is 0 Å². The average Bonchev–Trinajstić information content (AvgIpc) is 2.75. The summed E-state index contributed by atoms with van der Waals surface area (Å²) in [7, 11) is 1.93. The first kappa shape index (κ1) is 9.26. The van der Waals surface area contributed by atoms with Gasteiger partial charge in [-0.25, -0.2) is 5.10 Å². The van der Waals surface area contributed by atoms with Gasteiger partial charge in [-0.2, -0.15) is 4.98 Å². The minimum absolute atomic E-state index is 0.305. The number of nitrogen functional groups attached to an aromatic ring is 1. The Balaban J connectivity index is 1.91. The number of H-pyrrole nitrogens is 1. The van der Waals surface area contributed by atoms with E-state index in [-0.39, 0.29) is 0 Å². The number of likely N-dealkylation sites (N-methyl/N-ethyl adjacent to an activating group) is 1. The van der Waals surface area contributed by atoms with Gasteiger partial charge in [-0.3, -0.25) is 0 Å². The van der Waals surface area contributed by atoms with Crippen molar-refractivity contribution in [2.24, 2.45) is 0 Å². The Hall–Kier alpha value is -1.30. The monoisotopic (exact) mass is 197 g/mol. The Bertz CT molecular complexity index is 294. The van der Waals surface area contributed by atoms with E-state index in [2.05, 4.69) is 15.2 Å². The molecule has 3 N–H and O–H groups in total. The lowest BCUT2D eigenvalue weighted by Gasteiger charge is -2.18. The van der Waals surface area contributed by atoms with Crippen LogP contribution in [0.4, 0.5) is 11.9 Å². The predicted octanol–water partition coefficient (Wildman–Crippen LogP) is 0.00210. The van der Waals surface area contributed by atoms with Crippen LogP contribution in [0.2, 0.25) is 0 Å². The molecule has 2 rings (SSSR count). The molecule has 1 aromatic rings. The highest BCUT2D eigenvalue weighted by atomic mass is 16.5. The topological polar surface area (TPSA) is 80.1 Å². The van der Waals surface area contributed by atoms with Crippen molar-refractivity contribution in [2.75, 3.05) is 30.8 Å². The number of aromatic amines is 1. The van der Waals surface area contributed by atoms with Gasteiger partial charge in [0.1, 0.15) is 0 Å². The molecule has 0 aliphatic carbocycles. The van der Waals surface area contributed by atoms with Gasteiger partial charge in [-0.15, -0.1) is 5.10 Å². The minimum atomic E-state index is 0.305. The third-order valence-electron chi connectivity index (χ3n) is 2.33. The second kappa shape index (κ2) is 3.83. The zero-order chi connectivity index (χ0) is 9.97. The molecule has 1 aromatic heterocycles. The van der Waals surface area contributed by atoms with Crippen molar-refractivity contribution in [1.82, 2.24) is 15.2 Å². The van der Waals surface area contributed by atoms with Crippen LogP contribution in [0.3, 0.4) is 0 Å². The van der Waals surface area contributed by atoms with Gasteiger partial charge >= 0.3 is 0 Å². The smallest absolute Gasteiger partial charge is 0.246 e. The number of aromatic nitrogens is 3. The summed E-state index contributed by atoms with van der Waals surface area (Å²) >= 11 is 0. The highest BCUT2D eigenvalue weighted by molar-refractivity contribution is 5.32. The zero-order valence-electron chi connectivity index (χ0n) is 8.23. The number of nitrogens with two attached hydrogens (primary N) is 1. The Morgan fingerprint density at radius 3 is 3.14 bits per heavy atom. The van der Waals surface area contributed by atoms with Crippen LogP contribution in [0.15, 0.2) is 0 Å². The minimum Gasteiger partial charge on any atom is -0.376 e. The van der Waals surface area contributed by atoms with Gasteiger partial charge in [-0.1, -0.05) is 0 Å². The molecular formula is C8H15N5O. The Kier molecular flexibility index (Phi) is 2.53. The predicted molar refractivity (Wildman–Crippen MR) is 53.0 cm³/mol. The number of rotatable bonds is 3. The van der Waals surface area contributed by atoms with E-state index < -0.39 is 0 Å². The van der Waals surface area contributed by atoms with Crippen LogP contribution in [0.25, 0.3) is 0 Å². The molecule has 0 radical (unpaired) electrons. The lowest BCUT2D eigenvalue weighted by atomic mass is 10.2. The number of hydrogen-bond acceptors (Lipinski definition) is 5. The zero-order valence-corrected chi connectivity index (χ0v) is 8.23. The summed E-state index contributed by atoms with van der Waals surface area (Å²) < 4.78 is 5.51. The Morgan fingerprint density at radius 1 is 1.71 bits per heavy atom. The number of nitrogens with zero attached hydrogens (tertiary/aromatic N) is 3. The molecule has 0 bridgehead atoms. The molecule has 0 saturated carbocycles. The third-order valence-corrected chi connectivity index (χ3v) is 2.33. The van der Waals surface area contributed by atoms with Crippen molar-refractivity contribution in [3.05, 3.63) is 0 Å². The Morgan fingerprint density at radius 2 is 2.57 bits per heavy atom. The molecule has 0 amide bonds. The number of nitrogens with one attached hydrogen (secondary N) is 1. The van der Waals surface area contributed by atoms with Gasteiger partial charge in [0.05, 0.1) is 6.10 Å². The van der Waals surface area contributed by atoms with Crippen molar-refractivity contribution in [2.45, 2.75) is 18.9 Å². The largest absolute Gasteiger partial charge is 0.376 e. The average molecular weight is 197 g/mol. The quantitative estimate of drug-likeness (QED) is 0.713. The normalized spacial score (nSPS) is 21.4. The molecule has 0 spiro atoms. The third kappa shape index (κ3) is 1.95. The van der Waals surface area contributed by atoms with Gasteiger partial charge < -0.3 is 15.4 Å². The molecule has 1 unspecified atom stereocenters. The van der Waals surface area contributed by atoms with Crippen molar-refractivity contribution < 1.29 is 4.74 Å². The second-order valence-corrected chi connectivity index (χ2v) is 3.54. The van der Waals surface area contributed by atoms with E-state index in [1.165, 1.54) is 0 Å². The van der Waals surface area contributed by atoms with Crippen molar-refractivity contribution in [3.8, 4) is 0 Å². The van der Waals surface area contributed by atoms with E-state index in [1.54, 1.807) is 0 Å². The molecule has 2 heterocycles. The van der Waals surface area contributed by atoms with E-state index in [0.29, 0.717) is 18.0 Å². The maximum atomic E-state index is 5.51. The molecule has 1 aliphatic rings. The summed E-state index contributed by atoms with van der Waals surface area (Å²) in [6.07, 6.45) is 2.57. The molecule has 1 saturated heterocycles. The summed E-state index contributed by atoms with van der Waals surface area (Å²) in [6, 6.07) is 0. The maximum Gasteiger partial charge on any atom is 0.246 e. The van der Waals surface area contributed by atoms with Gasteiger partial charge in [-0.05, 0) is 12.8 Å². The summed E-state index contributed by atoms with van der Waals surface area (Å²) in [5.41, 5.74) is 5.44. The van der Waals surface area contributed by atoms with Crippen molar-refractivity contribution in [3.63, 3.8) is 0 Å². The van der Waals surface area contributed by atoms with Gasteiger partial charge in [0.2, 0.25) is 11.9 Å². The number of anilines is 2. The molecule has 0 aromatic carbocycles. The molecule has 78 valence electrons. The van der Waals surface area contributed by atoms with E-state index in [1.807, 2.05) is 11.9 Å². The number of hydrogen-bond donors (Lipinski definition) is 2. The van der Waals surface area contributed by atoms with Gasteiger partial charge in [0.15, 0.2) is 0 Å². The number of ether oxygens (including phenoxy) is 1. The summed E-state index contributed by atoms with van der Waals surface area (Å²) in [5, 5.41) is 6.58. The SMILES string of the molecule is CN(CC1CCCO1)c1n[nH]c(N)n1. The van der Waals surface area contributed by atoms with Crippen molar-refractivity contribution >= 4 is 11.9 Å². The van der Waals surface area contributed by atoms with Crippen LogP contribution < -0.4 is 10.6 Å². The first-order valence-electron chi connectivity index (χ1n) is 4.76.